The van der Waals surface area contributed by atoms with Crippen molar-refractivity contribution in [3.05, 3.63) is 65.7 Å². The summed E-state index contributed by atoms with van der Waals surface area (Å²) in [5, 5.41) is 1.48. The van der Waals surface area contributed by atoms with Crippen molar-refractivity contribution in [2.75, 3.05) is 6.61 Å². The minimum atomic E-state index is 0.489. The molecule has 1 saturated heterocycles. The molecule has 1 unspecified atom stereocenters. The maximum Gasteiger partial charge on any atom is 0.0850 e. The molecule has 1 heterocycles. The van der Waals surface area contributed by atoms with Crippen molar-refractivity contribution in [3.63, 3.8) is 0 Å². The van der Waals surface area contributed by atoms with E-state index in [9.17, 15) is 0 Å². The molecule has 2 radical (unpaired) electrons. The summed E-state index contributed by atoms with van der Waals surface area (Å²) in [4.78, 5) is 0. The average molecular weight is 266 g/mol. The molecular weight excluding hydrogens is 248 g/mol. The second-order valence-corrected chi connectivity index (χ2v) is 6.45. The summed E-state index contributed by atoms with van der Waals surface area (Å²) >= 11 is 0. The van der Waals surface area contributed by atoms with Gasteiger partial charge in [-0.2, -0.15) is 0 Å². The van der Waals surface area contributed by atoms with Crippen LogP contribution in [0.3, 0.4) is 0 Å². The molecule has 0 amide bonds. The monoisotopic (exact) mass is 266 g/mol. The Labute approximate surface area is 117 Å². The summed E-state index contributed by atoms with van der Waals surface area (Å²) in [6, 6.07) is 21.0. The second-order valence-electron chi connectivity index (χ2n) is 5.02. The van der Waals surface area contributed by atoms with Gasteiger partial charge < -0.3 is 4.74 Å². The van der Waals surface area contributed by atoms with Crippen LogP contribution in [-0.2, 0) is 17.6 Å². The van der Waals surface area contributed by atoms with Crippen LogP contribution in [0, 0.1) is 0 Å². The standard InChI is InChI=1S/C17H18OSi/c1-2-5-14(6-3-1)9-10-19-17-8-4-7-15(12-17)11-16-13-18-16/h1-8,12,16H,9-11,13H2. The third-order valence-corrected chi connectivity index (χ3v) is 4.60. The predicted molar refractivity (Wildman–Crippen MR) is 80.2 cm³/mol. The van der Waals surface area contributed by atoms with Gasteiger partial charge in [-0.1, -0.05) is 65.8 Å². The van der Waals surface area contributed by atoms with Crippen molar-refractivity contribution in [1.29, 1.82) is 0 Å². The zero-order chi connectivity index (χ0) is 12.9. The predicted octanol–water partition coefficient (Wildman–Crippen LogP) is 2.62. The molecule has 19 heavy (non-hydrogen) atoms. The van der Waals surface area contributed by atoms with E-state index in [-0.39, 0.29) is 0 Å². The van der Waals surface area contributed by atoms with Crippen LogP contribution < -0.4 is 5.19 Å². The van der Waals surface area contributed by atoms with Crippen molar-refractivity contribution >= 4 is 14.7 Å². The van der Waals surface area contributed by atoms with Gasteiger partial charge in [0.1, 0.15) is 0 Å². The van der Waals surface area contributed by atoms with Crippen molar-refractivity contribution in [2.45, 2.75) is 25.0 Å². The van der Waals surface area contributed by atoms with E-state index in [4.69, 9.17) is 4.74 Å². The Kier molecular flexibility index (Phi) is 4.11. The van der Waals surface area contributed by atoms with Crippen molar-refractivity contribution < 1.29 is 4.74 Å². The summed E-state index contributed by atoms with van der Waals surface area (Å²) in [6.45, 7) is 0.945. The van der Waals surface area contributed by atoms with Crippen LogP contribution in [0.2, 0.25) is 6.04 Å². The van der Waals surface area contributed by atoms with E-state index in [2.05, 4.69) is 54.6 Å². The molecule has 0 N–H and O–H groups in total. The lowest BCUT2D eigenvalue weighted by Gasteiger charge is -2.04. The number of ether oxygens (including phenoxy) is 1. The van der Waals surface area contributed by atoms with Gasteiger partial charge in [-0.25, -0.2) is 0 Å². The first-order valence-electron chi connectivity index (χ1n) is 6.88. The number of benzene rings is 2. The Hall–Kier alpha value is -1.38. The largest absolute Gasteiger partial charge is 0.373 e. The molecule has 2 aromatic rings. The quantitative estimate of drug-likeness (QED) is 0.578. The van der Waals surface area contributed by atoms with Crippen LogP contribution in [0.4, 0.5) is 0 Å². The SMILES string of the molecule is c1ccc(CC[Si]c2cccc(CC3CO3)c2)cc1. The summed E-state index contributed by atoms with van der Waals surface area (Å²) in [5.41, 5.74) is 2.87. The molecule has 96 valence electrons. The van der Waals surface area contributed by atoms with Crippen molar-refractivity contribution in [1.82, 2.24) is 0 Å². The van der Waals surface area contributed by atoms with Gasteiger partial charge in [0.05, 0.1) is 22.2 Å². The average Bonchev–Trinajstić information content (AvgIpc) is 3.24. The van der Waals surface area contributed by atoms with Crippen LogP contribution in [0.5, 0.6) is 0 Å². The van der Waals surface area contributed by atoms with Gasteiger partial charge in [-0.3, -0.25) is 0 Å². The molecule has 0 saturated carbocycles. The fourth-order valence-corrected chi connectivity index (χ4v) is 3.46. The van der Waals surface area contributed by atoms with E-state index in [1.54, 1.807) is 0 Å². The fraction of sp³-hybridized carbons (Fsp3) is 0.294. The van der Waals surface area contributed by atoms with Crippen LogP contribution >= 0.6 is 0 Å². The minimum Gasteiger partial charge on any atom is -0.373 e. The highest BCUT2D eigenvalue weighted by Crippen LogP contribution is 2.15. The Bertz CT molecular complexity index is 520. The Morgan fingerprint density at radius 1 is 1.00 bits per heavy atom. The van der Waals surface area contributed by atoms with Gasteiger partial charge in [0.2, 0.25) is 0 Å². The van der Waals surface area contributed by atoms with Gasteiger partial charge in [-0.05, 0) is 17.5 Å². The molecule has 1 aliphatic rings. The fourth-order valence-electron chi connectivity index (χ4n) is 2.25. The molecule has 2 heteroatoms. The second kappa shape index (κ2) is 6.18. The molecule has 0 spiro atoms. The summed E-state index contributed by atoms with van der Waals surface area (Å²) in [6.07, 6.45) is 2.75. The molecule has 1 fully saturated rings. The smallest absolute Gasteiger partial charge is 0.0850 e. The third kappa shape index (κ3) is 4.05. The number of epoxide rings is 1. The van der Waals surface area contributed by atoms with Gasteiger partial charge in [0.15, 0.2) is 0 Å². The van der Waals surface area contributed by atoms with E-state index < -0.39 is 0 Å². The number of hydrogen-bond donors (Lipinski definition) is 0. The van der Waals surface area contributed by atoms with Crippen molar-refractivity contribution in [3.8, 4) is 0 Å². The van der Waals surface area contributed by atoms with Crippen molar-refractivity contribution in [2.24, 2.45) is 0 Å². The van der Waals surface area contributed by atoms with Gasteiger partial charge >= 0.3 is 0 Å². The first-order chi connectivity index (χ1) is 9.40. The van der Waals surface area contributed by atoms with Crippen LogP contribution in [0.25, 0.3) is 0 Å². The van der Waals surface area contributed by atoms with Gasteiger partial charge in [0.25, 0.3) is 0 Å². The topological polar surface area (TPSA) is 12.5 Å². The molecule has 0 aliphatic carbocycles. The number of hydrogen-bond acceptors (Lipinski definition) is 1. The molecule has 0 aromatic heterocycles. The number of aryl methyl sites for hydroxylation is 1. The van der Waals surface area contributed by atoms with E-state index in [1.807, 2.05) is 0 Å². The van der Waals surface area contributed by atoms with Gasteiger partial charge in [0, 0.05) is 6.42 Å². The molecule has 1 atom stereocenters. The maximum absolute atomic E-state index is 5.29. The zero-order valence-electron chi connectivity index (χ0n) is 11.0. The first kappa shape index (κ1) is 12.6. The summed E-state index contributed by atoms with van der Waals surface area (Å²) in [5.74, 6) is 0. The summed E-state index contributed by atoms with van der Waals surface area (Å²) < 4.78 is 5.29. The minimum absolute atomic E-state index is 0.489. The highest BCUT2D eigenvalue weighted by atomic mass is 28.2. The van der Waals surface area contributed by atoms with E-state index in [1.165, 1.54) is 28.8 Å². The highest BCUT2D eigenvalue weighted by molar-refractivity contribution is 6.53. The molecule has 1 nitrogen and oxygen atoms in total. The molecule has 0 bridgehead atoms. The van der Waals surface area contributed by atoms with Crippen LogP contribution in [0.15, 0.2) is 54.6 Å². The Morgan fingerprint density at radius 3 is 2.58 bits per heavy atom. The van der Waals surface area contributed by atoms with E-state index in [0.29, 0.717) is 6.10 Å². The van der Waals surface area contributed by atoms with Crippen LogP contribution in [0.1, 0.15) is 11.1 Å². The van der Waals surface area contributed by atoms with Crippen LogP contribution in [-0.4, -0.2) is 22.2 Å². The lowest BCUT2D eigenvalue weighted by atomic mass is 10.1. The summed E-state index contributed by atoms with van der Waals surface area (Å²) in [7, 11) is 0.903. The van der Waals surface area contributed by atoms with Gasteiger partial charge in [-0.15, -0.1) is 0 Å². The Morgan fingerprint density at radius 2 is 1.79 bits per heavy atom. The molecule has 1 aliphatic heterocycles. The van der Waals surface area contributed by atoms with E-state index >= 15 is 0 Å². The molecule has 2 aromatic carbocycles. The van der Waals surface area contributed by atoms with E-state index in [0.717, 1.165) is 22.5 Å². The molecule has 3 rings (SSSR count). The number of rotatable bonds is 6. The maximum atomic E-state index is 5.29. The normalized spacial score (nSPS) is 17.4. The highest BCUT2D eigenvalue weighted by Gasteiger charge is 2.22. The first-order valence-corrected chi connectivity index (χ1v) is 8.09. The lowest BCUT2D eigenvalue weighted by Crippen LogP contribution is -2.15. The lowest BCUT2D eigenvalue weighted by molar-refractivity contribution is 0.407. The Balaban J connectivity index is 1.51. The molecular formula is C17H18OSi. The zero-order valence-corrected chi connectivity index (χ0v) is 12.0. The third-order valence-electron chi connectivity index (χ3n) is 3.38.